The third-order valence-corrected chi connectivity index (χ3v) is 4.86. The minimum Gasteiger partial charge on any atom is -0.358 e. The zero-order valence-corrected chi connectivity index (χ0v) is 15.9. The molecule has 146 valence electrons. The van der Waals surface area contributed by atoms with Crippen LogP contribution in [-0.4, -0.2) is 40.5 Å². The lowest BCUT2D eigenvalue weighted by atomic mass is 10.1. The first kappa shape index (κ1) is 18.8. The lowest BCUT2D eigenvalue weighted by Crippen LogP contribution is -2.43. The molecule has 0 radical (unpaired) electrons. The van der Waals surface area contributed by atoms with Crippen molar-refractivity contribution in [3.63, 3.8) is 0 Å². The summed E-state index contributed by atoms with van der Waals surface area (Å²) < 4.78 is 15.0. The van der Waals surface area contributed by atoms with Crippen molar-refractivity contribution < 1.29 is 9.18 Å². The van der Waals surface area contributed by atoms with Gasteiger partial charge in [0, 0.05) is 31.3 Å². The Labute approximate surface area is 167 Å². The van der Waals surface area contributed by atoms with Gasteiger partial charge in [-0.3, -0.25) is 19.1 Å². The van der Waals surface area contributed by atoms with Crippen LogP contribution in [0.2, 0.25) is 0 Å². The van der Waals surface area contributed by atoms with Gasteiger partial charge in [-0.15, -0.1) is 0 Å². The third-order valence-electron chi connectivity index (χ3n) is 4.86. The molecule has 29 heavy (non-hydrogen) atoms. The predicted octanol–water partition coefficient (Wildman–Crippen LogP) is 1.50. The average Bonchev–Trinajstić information content (AvgIpc) is 2.72. The maximum absolute atomic E-state index is 13.3. The fourth-order valence-corrected chi connectivity index (χ4v) is 3.34. The fraction of sp³-hybridized carbons (Fsp3) is 0.227. The topological polar surface area (TPSA) is 67.2 Å². The highest BCUT2D eigenvalue weighted by Crippen LogP contribution is 2.15. The number of hydrogen-bond donors (Lipinski definition) is 1. The second-order valence-electron chi connectivity index (χ2n) is 6.86. The van der Waals surface area contributed by atoms with Gasteiger partial charge in [-0.05, 0) is 36.4 Å². The molecular formula is C22H19FN4O2. The number of benzene rings is 2. The predicted molar refractivity (Wildman–Crippen MR) is 108 cm³/mol. The number of likely N-dealkylation sites (N-methyl/N-ethyl adjacent to an activating group) is 1. The van der Waals surface area contributed by atoms with Crippen LogP contribution in [0, 0.1) is 17.7 Å². The van der Waals surface area contributed by atoms with Crippen LogP contribution >= 0.6 is 0 Å². The van der Waals surface area contributed by atoms with E-state index < -0.39 is 0 Å². The molecule has 2 aromatic carbocycles. The SMILES string of the molecule is CNC(=O)CN1CCn2c(nc3cc(C#Cc4cccc(F)c4)ccc3c2=O)C1. The number of nitrogens with one attached hydrogen (secondary N) is 1. The number of carbonyl (C=O) groups is 1. The second kappa shape index (κ2) is 7.86. The first-order valence-electron chi connectivity index (χ1n) is 9.27. The molecule has 3 aromatic rings. The minimum absolute atomic E-state index is 0.0727. The Hall–Kier alpha value is -3.50. The summed E-state index contributed by atoms with van der Waals surface area (Å²) in [5.74, 6) is 6.14. The van der Waals surface area contributed by atoms with Gasteiger partial charge in [0.05, 0.1) is 24.0 Å². The standard InChI is InChI=1S/C22H19FN4O2/c1-24-21(28)14-26-9-10-27-20(13-26)25-19-12-16(7-8-18(19)22(27)29)6-5-15-3-2-4-17(23)11-15/h2-4,7-8,11-12H,9-10,13-14H2,1H3,(H,24,28). The van der Waals surface area contributed by atoms with E-state index >= 15 is 0 Å². The molecule has 0 saturated heterocycles. The lowest BCUT2D eigenvalue weighted by molar-refractivity contribution is -0.122. The lowest BCUT2D eigenvalue weighted by Gasteiger charge is -2.28. The summed E-state index contributed by atoms with van der Waals surface area (Å²) in [4.78, 5) is 31.1. The van der Waals surface area contributed by atoms with Crippen LogP contribution in [0.15, 0.2) is 47.3 Å². The number of fused-ring (bicyclic) bond motifs is 2. The molecule has 0 fully saturated rings. The van der Waals surface area contributed by atoms with Crippen molar-refractivity contribution >= 4 is 16.8 Å². The highest BCUT2D eigenvalue weighted by atomic mass is 19.1. The van der Waals surface area contributed by atoms with Gasteiger partial charge < -0.3 is 5.32 Å². The van der Waals surface area contributed by atoms with Crippen molar-refractivity contribution in [2.75, 3.05) is 20.1 Å². The summed E-state index contributed by atoms with van der Waals surface area (Å²) >= 11 is 0. The number of amides is 1. The number of aromatic nitrogens is 2. The molecule has 6 nitrogen and oxygen atoms in total. The van der Waals surface area contributed by atoms with Gasteiger partial charge >= 0.3 is 0 Å². The van der Waals surface area contributed by atoms with E-state index in [1.807, 2.05) is 4.90 Å². The van der Waals surface area contributed by atoms with Crippen molar-refractivity contribution in [2.24, 2.45) is 0 Å². The van der Waals surface area contributed by atoms with E-state index in [0.717, 1.165) is 0 Å². The molecule has 1 amide bonds. The van der Waals surface area contributed by atoms with E-state index in [4.69, 9.17) is 0 Å². The molecule has 1 N–H and O–H groups in total. The molecular weight excluding hydrogens is 371 g/mol. The van der Waals surface area contributed by atoms with Crippen LogP contribution < -0.4 is 10.9 Å². The minimum atomic E-state index is -0.335. The Morgan fingerprint density at radius 1 is 1.17 bits per heavy atom. The Bertz CT molecular complexity index is 1220. The van der Waals surface area contributed by atoms with Crippen LogP contribution in [0.1, 0.15) is 17.0 Å². The molecule has 7 heteroatoms. The monoisotopic (exact) mass is 390 g/mol. The van der Waals surface area contributed by atoms with Crippen molar-refractivity contribution in [3.8, 4) is 11.8 Å². The van der Waals surface area contributed by atoms with Gasteiger partial charge in [0.1, 0.15) is 11.6 Å². The molecule has 4 rings (SSSR count). The van der Waals surface area contributed by atoms with Crippen molar-refractivity contribution in [1.29, 1.82) is 0 Å². The summed E-state index contributed by atoms with van der Waals surface area (Å²) in [5, 5.41) is 3.14. The van der Waals surface area contributed by atoms with Crippen LogP contribution in [0.5, 0.6) is 0 Å². The van der Waals surface area contributed by atoms with Crippen LogP contribution in [0.4, 0.5) is 4.39 Å². The molecule has 0 saturated carbocycles. The number of carbonyl (C=O) groups excluding carboxylic acids is 1. The smallest absolute Gasteiger partial charge is 0.261 e. The molecule has 1 aliphatic rings. The molecule has 0 unspecified atom stereocenters. The van der Waals surface area contributed by atoms with Crippen LogP contribution in [-0.2, 0) is 17.9 Å². The van der Waals surface area contributed by atoms with Gasteiger partial charge in [0.2, 0.25) is 5.91 Å². The number of rotatable bonds is 2. The van der Waals surface area contributed by atoms with Crippen molar-refractivity contribution in [3.05, 3.63) is 75.6 Å². The van der Waals surface area contributed by atoms with E-state index in [1.165, 1.54) is 12.1 Å². The molecule has 0 atom stereocenters. The van der Waals surface area contributed by atoms with Gasteiger partial charge in [-0.1, -0.05) is 17.9 Å². The maximum atomic E-state index is 13.3. The van der Waals surface area contributed by atoms with Crippen molar-refractivity contribution in [2.45, 2.75) is 13.1 Å². The summed E-state index contributed by atoms with van der Waals surface area (Å²) in [6.45, 7) is 1.81. The summed E-state index contributed by atoms with van der Waals surface area (Å²) in [6.07, 6.45) is 0. The highest BCUT2D eigenvalue weighted by Gasteiger charge is 2.21. The Morgan fingerprint density at radius 2 is 1.97 bits per heavy atom. The second-order valence-corrected chi connectivity index (χ2v) is 6.86. The first-order valence-corrected chi connectivity index (χ1v) is 9.27. The average molecular weight is 390 g/mol. The molecule has 0 bridgehead atoms. The summed E-state index contributed by atoms with van der Waals surface area (Å²) in [5.41, 5.74) is 1.74. The zero-order valence-electron chi connectivity index (χ0n) is 15.9. The Morgan fingerprint density at radius 3 is 2.72 bits per heavy atom. The maximum Gasteiger partial charge on any atom is 0.261 e. The van der Waals surface area contributed by atoms with Gasteiger partial charge in [-0.25, -0.2) is 9.37 Å². The first-order chi connectivity index (χ1) is 14.0. The zero-order chi connectivity index (χ0) is 20.4. The van der Waals surface area contributed by atoms with E-state index in [-0.39, 0.29) is 23.8 Å². The molecule has 2 heterocycles. The van der Waals surface area contributed by atoms with E-state index in [1.54, 1.807) is 41.9 Å². The van der Waals surface area contributed by atoms with E-state index in [2.05, 4.69) is 22.1 Å². The quantitative estimate of drug-likeness (QED) is 0.674. The number of hydrogen-bond acceptors (Lipinski definition) is 4. The normalized spacial score (nSPS) is 13.4. The summed E-state index contributed by atoms with van der Waals surface area (Å²) in [6, 6.07) is 11.3. The number of nitrogens with zero attached hydrogens (tertiary/aromatic N) is 3. The molecule has 1 aromatic heterocycles. The largest absolute Gasteiger partial charge is 0.358 e. The Balaban J connectivity index is 1.67. The van der Waals surface area contributed by atoms with Gasteiger partial charge in [0.25, 0.3) is 5.56 Å². The van der Waals surface area contributed by atoms with E-state index in [9.17, 15) is 14.0 Å². The van der Waals surface area contributed by atoms with Gasteiger partial charge in [0.15, 0.2) is 0 Å². The number of halogens is 1. The van der Waals surface area contributed by atoms with Crippen LogP contribution in [0.3, 0.4) is 0 Å². The fourth-order valence-electron chi connectivity index (χ4n) is 3.34. The van der Waals surface area contributed by atoms with Crippen LogP contribution in [0.25, 0.3) is 10.9 Å². The highest BCUT2D eigenvalue weighted by molar-refractivity contribution is 5.79. The van der Waals surface area contributed by atoms with Gasteiger partial charge in [-0.2, -0.15) is 0 Å². The Kier molecular flexibility index (Phi) is 5.10. The van der Waals surface area contributed by atoms with Crippen molar-refractivity contribution in [1.82, 2.24) is 19.8 Å². The van der Waals surface area contributed by atoms with E-state index in [0.29, 0.717) is 47.5 Å². The molecule has 0 spiro atoms. The molecule has 0 aliphatic carbocycles. The third kappa shape index (κ3) is 4.03. The summed E-state index contributed by atoms with van der Waals surface area (Å²) in [7, 11) is 1.60. The molecule has 1 aliphatic heterocycles.